The molecule has 1 aliphatic rings. The first-order valence-electron chi connectivity index (χ1n) is 4.89. The molecule has 17 heavy (non-hydrogen) atoms. The van der Waals surface area contributed by atoms with E-state index in [1.165, 1.54) is 6.20 Å². The van der Waals surface area contributed by atoms with Crippen LogP contribution >= 0.6 is 0 Å². The molecule has 1 unspecified atom stereocenters. The van der Waals surface area contributed by atoms with E-state index < -0.39 is 5.92 Å². The first kappa shape index (κ1) is 13.9. The largest absolute Gasteiger partial charge is 0.309 e. The van der Waals surface area contributed by atoms with Crippen LogP contribution in [-0.2, 0) is 4.79 Å². The summed E-state index contributed by atoms with van der Waals surface area (Å²) in [7, 11) is 0. The third-order valence-corrected chi connectivity index (χ3v) is 2.56. The molecule has 7 heteroatoms. The summed E-state index contributed by atoms with van der Waals surface area (Å²) in [6.07, 6.45) is 1.27. The minimum absolute atomic E-state index is 0. The molecule has 2 heterocycles. The molecule has 1 radical (unpaired) electrons. The van der Waals surface area contributed by atoms with Crippen LogP contribution in [0.5, 0.6) is 0 Å². The van der Waals surface area contributed by atoms with Gasteiger partial charge in [-0.1, -0.05) is 13.8 Å². The monoisotopic (exact) mass is 241 g/mol. The van der Waals surface area contributed by atoms with E-state index in [2.05, 4.69) is 10.4 Å². The molecule has 0 bridgehead atoms. The van der Waals surface area contributed by atoms with Crippen LogP contribution in [0.1, 0.15) is 24.2 Å². The van der Waals surface area contributed by atoms with Gasteiger partial charge >= 0.3 is 0 Å². The van der Waals surface area contributed by atoms with Crippen molar-refractivity contribution in [3.8, 4) is 6.07 Å². The normalized spacial score (nSPS) is 18.1. The molecule has 1 N–H and O–H groups in total. The molecule has 0 fully saturated rings. The molecule has 0 saturated carbocycles. The number of aromatic nitrogens is 2. The van der Waals surface area contributed by atoms with Gasteiger partial charge < -0.3 is 5.32 Å². The van der Waals surface area contributed by atoms with Crippen LogP contribution in [0.4, 0.5) is 5.82 Å². The Labute approximate surface area is 120 Å². The maximum atomic E-state index is 11.9. The smallest absolute Gasteiger partial charge is 0.261 e. The van der Waals surface area contributed by atoms with Gasteiger partial charge in [-0.3, -0.25) is 9.59 Å². The molecule has 1 aromatic heterocycles. The van der Waals surface area contributed by atoms with Crippen LogP contribution in [0.25, 0.3) is 0 Å². The van der Waals surface area contributed by atoms with Gasteiger partial charge in [-0.2, -0.15) is 15.0 Å². The number of nitrogens with zero attached hydrogens (tertiary/aromatic N) is 3. The van der Waals surface area contributed by atoms with E-state index in [9.17, 15) is 9.59 Å². The van der Waals surface area contributed by atoms with E-state index >= 15 is 0 Å². The Bertz CT molecular complexity index is 515. The van der Waals surface area contributed by atoms with E-state index in [0.717, 1.165) is 4.68 Å². The molecule has 2 rings (SSSR count). The molecular weight excluding hydrogens is 231 g/mol. The van der Waals surface area contributed by atoms with Crippen molar-refractivity contribution in [2.45, 2.75) is 13.8 Å². The zero-order valence-corrected chi connectivity index (χ0v) is 11.9. The van der Waals surface area contributed by atoms with Crippen LogP contribution in [0, 0.1) is 23.2 Å². The van der Waals surface area contributed by atoms with Crippen molar-refractivity contribution >= 4 is 47.2 Å². The van der Waals surface area contributed by atoms with Crippen molar-refractivity contribution in [2.24, 2.45) is 11.8 Å². The van der Waals surface area contributed by atoms with Gasteiger partial charge in [0.1, 0.15) is 17.6 Å². The third-order valence-electron chi connectivity index (χ3n) is 2.56. The van der Waals surface area contributed by atoms with Gasteiger partial charge in [0.05, 0.1) is 6.20 Å². The Morgan fingerprint density at radius 3 is 2.71 bits per heavy atom. The van der Waals surface area contributed by atoms with Crippen molar-refractivity contribution in [2.75, 3.05) is 5.32 Å². The maximum absolute atomic E-state index is 11.9. The van der Waals surface area contributed by atoms with Gasteiger partial charge in [0, 0.05) is 29.6 Å². The first-order valence-corrected chi connectivity index (χ1v) is 4.89. The molecule has 1 atom stereocenters. The number of nitriles is 1. The number of hydrogen-bond acceptors (Lipinski definition) is 4. The molecule has 0 aliphatic carbocycles. The fourth-order valence-electron chi connectivity index (χ4n) is 1.74. The summed E-state index contributed by atoms with van der Waals surface area (Å²) >= 11 is 0. The Morgan fingerprint density at radius 1 is 1.53 bits per heavy atom. The minimum Gasteiger partial charge on any atom is -0.309 e. The average molecular weight is 241 g/mol. The van der Waals surface area contributed by atoms with Crippen molar-refractivity contribution in [3.05, 3.63) is 11.8 Å². The van der Waals surface area contributed by atoms with Gasteiger partial charge in [0.2, 0.25) is 5.91 Å². The van der Waals surface area contributed by atoms with Gasteiger partial charge in [-0.25, -0.2) is 0 Å². The van der Waals surface area contributed by atoms with Gasteiger partial charge in [0.15, 0.2) is 5.82 Å². The zero-order chi connectivity index (χ0) is 11.9. The zero-order valence-electron chi connectivity index (χ0n) is 9.89. The first-order chi connectivity index (χ1) is 7.56. The Kier molecular flexibility index (Phi) is 4.09. The second-order valence-corrected chi connectivity index (χ2v) is 3.98. The van der Waals surface area contributed by atoms with Gasteiger partial charge in [-0.15, -0.1) is 0 Å². The summed E-state index contributed by atoms with van der Waals surface area (Å²) in [6, 6.07) is 1.87. The van der Waals surface area contributed by atoms with Gasteiger partial charge in [-0.05, 0) is 5.92 Å². The number of amides is 1. The number of rotatable bonds is 1. The number of nitrogens with one attached hydrogen (secondary N) is 1. The Balaban J connectivity index is 0.00000144. The molecule has 6 nitrogen and oxygen atoms in total. The summed E-state index contributed by atoms with van der Waals surface area (Å²) in [6.45, 7) is 3.59. The molecule has 83 valence electrons. The summed E-state index contributed by atoms with van der Waals surface area (Å²) in [5.74, 6) is -1.41. The molecule has 0 aromatic carbocycles. The van der Waals surface area contributed by atoms with Crippen LogP contribution in [0.15, 0.2) is 6.20 Å². The van der Waals surface area contributed by atoms with Crippen LogP contribution in [0.3, 0.4) is 0 Å². The number of carbonyl (C=O) groups is 2. The third kappa shape index (κ3) is 2.14. The van der Waals surface area contributed by atoms with Crippen molar-refractivity contribution in [3.63, 3.8) is 0 Å². The Morgan fingerprint density at radius 2 is 2.18 bits per heavy atom. The Hall–Kier alpha value is -1.16. The topological polar surface area (TPSA) is 87.8 Å². The summed E-state index contributed by atoms with van der Waals surface area (Å²) in [5.41, 5.74) is 0.198. The average Bonchev–Trinajstić information content (AvgIpc) is 2.60. The fraction of sp³-hybridized carbons (Fsp3) is 0.400. The molecule has 0 saturated heterocycles. The minimum atomic E-state index is -0.737. The fourth-order valence-corrected chi connectivity index (χ4v) is 1.74. The number of anilines is 1. The molecule has 1 aromatic rings. The van der Waals surface area contributed by atoms with Crippen molar-refractivity contribution in [1.82, 2.24) is 9.78 Å². The van der Waals surface area contributed by atoms with E-state index in [0.29, 0.717) is 0 Å². The second kappa shape index (κ2) is 5.00. The predicted octanol–water partition coefficient (Wildman–Crippen LogP) is 0.238. The molecule has 1 amide bonds. The van der Waals surface area contributed by atoms with E-state index in [1.807, 2.05) is 6.07 Å². The predicted molar refractivity (Wildman–Crippen MR) is 60.3 cm³/mol. The van der Waals surface area contributed by atoms with Crippen LogP contribution < -0.4 is 5.32 Å². The van der Waals surface area contributed by atoms with Crippen LogP contribution in [-0.4, -0.2) is 51.2 Å². The number of carbonyl (C=O) groups excluding carboxylic acids is 2. The summed E-state index contributed by atoms with van der Waals surface area (Å²) in [4.78, 5) is 23.6. The van der Waals surface area contributed by atoms with Crippen LogP contribution in [0.2, 0.25) is 0 Å². The maximum Gasteiger partial charge on any atom is 0.261 e. The summed E-state index contributed by atoms with van der Waals surface area (Å²) in [5, 5.41) is 15.1. The van der Waals surface area contributed by atoms with Crippen molar-refractivity contribution < 1.29 is 9.59 Å². The standard InChI is InChI=1S/C10H10N4O2.Na/c1-5(2)7-9(15)13-8-6(3-11)4-12-14(8)10(7)16;/h4-5,7H,1-2H3,(H,13,15);. The van der Waals surface area contributed by atoms with E-state index in [4.69, 9.17) is 5.26 Å². The summed E-state index contributed by atoms with van der Waals surface area (Å²) < 4.78 is 1.09. The SMILES string of the molecule is CC(C)C1C(=O)Nc2c(C#N)cnn2C1=O.[Na]. The molecular formula is C10H10N4NaO2. The van der Waals surface area contributed by atoms with E-state index in [-0.39, 0.29) is 58.7 Å². The van der Waals surface area contributed by atoms with Gasteiger partial charge in [0.25, 0.3) is 5.91 Å². The molecule has 0 spiro atoms. The van der Waals surface area contributed by atoms with Crippen molar-refractivity contribution in [1.29, 1.82) is 5.26 Å². The second-order valence-electron chi connectivity index (χ2n) is 3.98. The number of hydrogen-bond donors (Lipinski definition) is 1. The molecule has 1 aliphatic heterocycles. The van der Waals surface area contributed by atoms with E-state index in [1.54, 1.807) is 13.8 Å². The quantitative estimate of drug-likeness (QED) is 0.563. The number of fused-ring (bicyclic) bond motifs is 1.